The maximum atomic E-state index is 12.5. The van der Waals surface area contributed by atoms with E-state index in [0.29, 0.717) is 5.56 Å². The average Bonchev–Trinajstić information content (AvgIpc) is 2.54. The molecular weight excluding hydrogens is 404 g/mol. The second-order valence-corrected chi connectivity index (χ2v) is 8.59. The van der Waals surface area contributed by atoms with Gasteiger partial charge in [-0.2, -0.15) is 0 Å². The number of rotatable bonds is 6. The van der Waals surface area contributed by atoms with Crippen molar-refractivity contribution in [2.24, 2.45) is 0 Å². The lowest BCUT2D eigenvalue weighted by molar-refractivity contribution is 0.0939. The third kappa shape index (κ3) is 5.14. The zero-order valence-electron chi connectivity index (χ0n) is 14.3. The molecule has 0 bridgehead atoms. The van der Waals surface area contributed by atoms with Crippen LogP contribution >= 0.6 is 15.9 Å². The third-order valence-corrected chi connectivity index (χ3v) is 5.90. The van der Waals surface area contributed by atoms with Crippen LogP contribution in [0.5, 0.6) is 0 Å². The fourth-order valence-corrected chi connectivity index (χ4v) is 4.29. The van der Waals surface area contributed by atoms with Crippen LogP contribution in [0.4, 0.5) is 0 Å². The SMILES string of the molecule is CC(C)NS(=O)(=O)c1cccc(C(=O)NC(C)c2ccccc2Br)c1. The molecule has 1 atom stereocenters. The molecule has 0 aromatic heterocycles. The minimum atomic E-state index is -3.64. The Morgan fingerprint density at radius 2 is 1.72 bits per heavy atom. The zero-order valence-corrected chi connectivity index (χ0v) is 16.7. The van der Waals surface area contributed by atoms with Gasteiger partial charge in [0.2, 0.25) is 10.0 Å². The van der Waals surface area contributed by atoms with Gasteiger partial charge in [-0.3, -0.25) is 4.79 Å². The first kappa shape index (κ1) is 19.6. The van der Waals surface area contributed by atoms with E-state index in [1.165, 1.54) is 12.1 Å². The van der Waals surface area contributed by atoms with Crippen LogP contribution in [0.2, 0.25) is 0 Å². The van der Waals surface area contributed by atoms with Crippen LogP contribution in [-0.4, -0.2) is 20.4 Å². The van der Waals surface area contributed by atoms with Crippen molar-refractivity contribution in [3.8, 4) is 0 Å². The Morgan fingerprint density at radius 3 is 2.36 bits per heavy atom. The lowest BCUT2D eigenvalue weighted by Gasteiger charge is -2.16. The highest BCUT2D eigenvalue weighted by Gasteiger charge is 2.18. The van der Waals surface area contributed by atoms with Crippen molar-refractivity contribution in [3.63, 3.8) is 0 Å². The van der Waals surface area contributed by atoms with Crippen LogP contribution in [0.3, 0.4) is 0 Å². The molecule has 0 radical (unpaired) electrons. The average molecular weight is 425 g/mol. The van der Waals surface area contributed by atoms with E-state index in [9.17, 15) is 13.2 Å². The number of carbonyl (C=O) groups is 1. The second kappa shape index (κ2) is 8.12. The smallest absolute Gasteiger partial charge is 0.251 e. The molecule has 1 amide bonds. The normalized spacial score (nSPS) is 12.8. The number of amides is 1. The predicted octanol–water partition coefficient (Wildman–Crippen LogP) is 3.63. The van der Waals surface area contributed by atoms with Crippen LogP contribution < -0.4 is 10.0 Å². The van der Waals surface area contributed by atoms with Crippen molar-refractivity contribution in [1.29, 1.82) is 0 Å². The molecule has 2 aromatic rings. The first-order valence-corrected chi connectivity index (χ1v) is 10.2. The molecule has 2 N–H and O–H groups in total. The number of hydrogen-bond acceptors (Lipinski definition) is 3. The molecule has 0 heterocycles. The number of nitrogens with one attached hydrogen (secondary N) is 2. The van der Waals surface area contributed by atoms with Gasteiger partial charge in [0.25, 0.3) is 5.91 Å². The summed E-state index contributed by atoms with van der Waals surface area (Å²) in [6.45, 7) is 5.36. The highest BCUT2D eigenvalue weighted by atomic mass is 79.9. The Bertz CT molecular complexity index is 866. The van der Waals surface area contributed by atoms with Crippen LogP contribution in [0.15, 0.2) is 57.9 Å². The number of sulfonamides is 1. The molecule has 2 aromatic carbocycles. The first-order chi connectivity index (χ1) is 11.7. The van der Waals surface area contributed by atoms with E-state index >= 15 is 0 Å². The second-order valence-electron chi connectivity index (χ2n) is 6.02. The van der Waals surface area contributed by atoms with Gasteiger partial charge >= 0.3 is 0 Å². The van der Waals surface area contributed by atoms with Crippen molar-refractivity contribution in [2.75, 3.05) is 0 Å². The van der Waals surface area contributed by atoms with Gasteiger partial charge < -0.3 is 5.32 Å². The Kier molecular flexibility index (Phi) is 6.37. The van der Waals surface area contributed by atoms with E-state index in [4.69, 9.17) is 0 Å². The number of benzene rings is 2. The van der Waals surface area contributed by atoms with Gasteiger partial charge in [0, 0.05) is 16.1 Å². The first-order valence-electron chi connectivity index (χ1n) is 7.88. The predicted molar refractivity (Wildman–Crippen MR) is 102 cm³/mol. The molecular formula is C18H21BrN2O3S. The molecule has 1 unspecified atom stereocenters. The van der Waals surface area contributed by atoms with Crippen LogP contribution in [0.25, 0.3) is 0 Å². The van der Waals surface area contributed by atoms with Gasteiger partial charge in [0.05, 0.1) is 10.9 Å². The van der Waals surface area contributed by atoms with E-state index in [-0.39, 0.29) is 22.9 Å². The Morgan fingerprint density at radius 1 is 1.04 bits per heavy atom. The Labute approximate surface area is 157 Å². The maximum absolute atomic E-state index is 12.5. The van der Waals surface area contributed by atoms with Crippen LogP contribution in [-0.2, 0) is 10.0 Å². The van der Waals surface area contributed by atoms with Gasteiger partial charge in [0.1, 0.15) is 0 Å². The summed E-state index contributed by atoms with van der Waals surface area (Å²) in [6, 6.07) is 13.2. The minimum Gasteiger partial charge on any atom is -0.345 e. The maximum Gasteiger partial charge on any atom is 0.251 e. The molecule has 0 fully saturated rings. The Hall–Kier alpha value is -1.70. The summed E-state index contributed by atoms with van der Waals surface area (Å²) in [5, 5.41) is 2.89. The van der Waals surface area contributed by atoms with Crippen molar-refractivity contribution >= 4 is 31.9 Å². The minimum absolute atomic E-state index is 0.0717. The fourth-order valence-electron chi connectivity index (χ4n) is 2.37. The van der Waals surface area contributed by atoms with Gasteiger partial charge in [-0.15, -0.1) is 0 Å². The van der Waals surface area contributed by atoms with Gasteiger partial charge in [0.15, 0.2) is 0 Å². The van der Waals surface area contributed by atoms with Crippen molar-refractivity contribution in [1.82, 2.24) is 10.0 Å². The van der Waals surface area contributed by atoms with Crippen molar-refractivity contribution in [2.45, 2.75) is 37.8 Å². The standard InChI is InChI=1S/C18H21BrN2O3S/c1-12(2)21-25(23,24)15-8-6-7-14(11-15)18(22)20-13(3)16-9-4-5-10-17(16)19/h4-13,21H,1-3H3,(H,20,22). The number of halogens is 1. The highest BCUT2D eigenvalue weighted by Crippen LogP contribution is 2.23. The monoisotopic (exact) mass is 424 g/mol. The lowest BCUT2D eigenvalue weighted by Crippen LogP contribution is -2.31. The molecule has 134 valence electrons. The largest absolute Gasteiger partial charge is 0.345 e. The molecule has 2 rings (SSSR count). The van der Waals surface area contributed by atoms with Crippen molar-refractivity contribution in [3.05, 3.63) is 64.1 Å². The summed E-state index contributed by atoms with van der Waals surface area (Å²) in [6.07, 6.45) is 0. The van der Waals surface area contributed by atoms with Gasteiger partial charge in [-0.1, -0.05) is 40.2 Å². The third-order valence-electron chi connectivity index (χ3n) is 3.52. The summed E-state index contributed by atoms with van der Waals surface area (Å²) in [5.74, 6) is -0.329. The van der Waals surface area contributed by atoms with Crippen LogP contribution in [0, 0.1) is 0 Å². The van der Waals surface area contributed by atoms with Gasteiger partial charge in [-0.25, -0.2) is 13.1 Å². The molecule has 0 saturated carbocycles. The van der Waals surface area contributed by atoms with Crippen molar-refractivity contribution < 1.29 is 13.2 Å². The molecule has 25 heavy (non-hydrogen) atoms. The molecule has 7 heteroatoms. The highest BCUT2D eigenvalue weighted by molar-refractivity contribution is 9.10. The summed E-state index contributed by atoms with van der Waals surface area (Å²) < 4.78 is 27.9. The molecule has 0 aliphatic heterocycles. The Balaban J connectivity index is 2.20. The summed E-state index contributed by atoms with van der Waals surface area (Å²) in [5.41, 5.74) is 1.24. The topological polar surface area (TPSA) is 75.3 Å². The fraction of sp³-hybridized carbons (Fsp3) is 0.278. The molecule has 5 nitrogen and oxygen atoms in total. The van der Waals surface area contributed by atoms with E-state index in [2.05, 4.69) is 26.0 Å². The van der Waals surface area contributed by atoms with Gasteiger partial charge in [-0.05, 0) is 50.6 Å². The summed E-state index contributed by atoms with van der Waals surface area (Å²) in [4.78, 5) is 12.6. The summed E-state index contributed by atoms with van der Waals surface area (Å²) in [7, 11) is -3.64. The van der Waals surface area contributed by atoms with Crippen LogP contribution in [0.1, 0.15) is 42.7 Å². The van der Waals surface area contributed by atoms with E-state index in [0.717, 1.165) is 10.0 Å². The molecule has 0 aliphatic rings. The summed E-state index contributed by atoms with van der Waals surface area (Å²) >= 11 is 3.46. The number of carbonyl (C=O) groups excluding carboxylic acids is 1. The van der Waals surface area contributed by atoms with E-state index in [1.807, 2.05) is 31.2 Å². The molecule has 0 saturated heterocycles. The van der Waals surface area contributed by atoms with E-state index in [1.54, 1.807) is 26.0 Å². The lowest BCUT2D eigenvalue weighted by atomic mass is 10.1. The molecule has 0 spiro atoms. The molecule has 0 aliphatic carbocycles. The quantitative estimate of drug-likeness (QED) is 0.742. The zero-order chi connectivity index (χ0) is 18.6. The number of hydrogen-bond donors (Lipinski definition) is 2. The van der Waals surface area contributed by atoms with E-state index < -0.39 is 10.0 Å².